The number of hydrogen-bond acceptors (Lipinski definition) is 4. The number of amides is 1. The van der Waals surface area contributed by atoms with Gasteiger partial charge in [0.2, 0.25) is 5.91 Å². The predicted molar refractivity (Wildman–Crippen MR) is 101 cm³/mol. The molecule has 5 nitrogen and oxygen atoms in total. The van der Waals surface area contributed by atoms with Crippen molar-refractivity contribution in [3.63, 3.8) is 0 Å². The normalized spacial score (nSPS) is 10.7. The van der Waals surface area contributed by atoms with Gasteiger partial charge in [-0.05, 0) is 55.7 Å². The van der Waals surface area contributed by atoms with E-state index in [1.54, 1.807) is 6.33 Å². The Balaban J connectivity index is 1.66. The highest BCUT2D eigenvalue weighted by molar-refractivity contribution is 7.99. The summed E-state index contributed by atoms with van der Waals surface area (Å²) in [5.74, 6) is 0.213. The summed E-state index contributed by atoms with van der Waals surface area (Å²) in [6, 6.07) is 13.9. The first-order chi connectivity index (χ1) is 12.0. The topological polar surface area (TPSA) is 59.8 Å². The second-order valence-electron chi connectivity index (χ2n) is 5.91. The molecule has 0 radical (unpaired) electrons. The van der Waals surface area contributed by atoms with Gasteiger partial charge in [0.05, 0.1) is 11.4 Å². The van der Waals surface area contributed by atoms with Gasteiger partial charge >= 0.3 is 0 Å². The molecule has 0 saturated heterocycles. The number of para-hydroxylation sites is 1. The number of hydrogen-bond donors (Lipinski definition) is 1. The van der Waals surface area contributed by atoms with Crippen LogP contribution >= 0.6 is 11.8 Å². The van der Waals surface area contributed by atoms with E-state index in [9.17, 15) is 4.79 Å². The van der Waals surface area contributed by atoms with Gasteiger partial charge in [-0.1, -0.05) is 36.0 Å². The van der Waals surface area contributed by atoms with E-state index in [-0.39, 0.29) is 11.7 Å². The van der Waals surface area contributed by atoms with Gasteiger partial charge < -0.3 is 5.32 Å². The van der Waals surface area contributed by atoms with Crippen molar-refractivity contribution >= 4 is 23.4 Å². The summed E-state index contributed by atoms with van der Waals surface area (Å²) in [7, 11) is 0. The summed E-state index contributed by atoms with van der Waals surface area (Å²) >= 11 is 1.37. The average Bonchev–Trinajstić information content (AvgIpc) is 3.05. The van der Waals surface area contributed by atoms with Crippen molar-refractivity contribution in [3.05, 3.63) is 65.5 Å². The highest BCUT2D eigenvalue weighted by Gasteiger charge is 2.11. The van der Waals surface area contributed by atoms with Crippen molar-refractivity contribution < 1.29 is 4.79 Å². The van der Waals surface area contributed by atoms with Gasteiger partial charge in [-0.15, -0.1) is 10.2 Å². The number of carbonyl (C=O) groups is 1. The summed E-state index contributed by atoms with van der Waals surface area (Å²) in [5, 5.41) is 11.7. The van der Waals surface area contributed by atoms with E-state index in [0.717, 1.165) is 22.5 Å². The Morgan fingerprint density at radius 3 is 2.64 bits per heavy atom. The van der Waals surface area contributed by atoms with E-state index in [1.165, 1.54) is 17.3 Å². The van der Waals surface area contributed by atoms with Gasteiger partial charge in [-0.3, -0.25) is 9.36 Å². The molecule has 25 heavy (non-hydrogen) atoms. The van der Waals surface area contributed by atoms with Gasteiger partial charge in [0.1, 0.15) is 6.33 Å². The second-order valence-corrected chi connectivity index (χ2v) is 6.85. The maximum Gasteiger partial charge on any atom is 0.234 e. The van der Waals surface area contributed by atoms with Crippen molar-refractivity contribution in [2.75, 3.05) is 11.1 Å². The fourth-order valence-electron chi connectivity index (χ4n) is 2.47. The molecule has 0 aliphatic rings. The fourth-order valence-corrected chi connectivity index (χ4v) is 3.19. The standard InChI is InChI=1S/C19H20N4OS/c1-13-8-9-16(10-15(13)3)21-18(24)11-25-19-22-20-12-23(19)17-7-5-4-6-14(17)2/h4-10,12H,11H2,1-3H3,(H,21,24). The molecule has 1 heterocycles. The van der Waals surface area contributed by atoms with Gasteiger partial charge in [-0.2, -0.15) is 0 Å². The summed E-state index contributed by atoms with van der Waals surface area (Å²) < 4.78 is 1.91. The molecule has 0 aliphatic carbocycles. The minimum Gasteiger partial charge on any atom is -0.325 e. The second kappa shape index (κ2) is 7.53. The van der Waals surface area contributed by atoms with Crippen LogP contribution in [0, 0.1) is 20.8 Å². The highest BCUT2D eigenvalue weighted by Crippen LogP contribution is 2.22. The molecule has 0 saturated carbocycles. The molecule has 0 atom stereocenters. The molecule has 1 N–H and O–H groups in total. The van der Waals surface area contributed by atoms with Crippen LogP contribution < -0.4 is 5.32 Å². The van der Waals surface area contributed by atoms with Crippen molar-refractivity contribution in [3.8, 4) is 5.69 Å². The Morgan fingerprint density at radius 1 is 1.08 bits per heavy atom. The van der Waals surface area contributed by atoms with Gasteiger partial charge in [0.25, 0.3) is 0 Å². The Kier molecular flexibility index (Phi) is 5.19. The quantitative estimate of drug-likeness (QED) is 0.707. The Hall–Kier alpha value is -2.60. The Morgan fingerprint density at radius 2 is 1.88 bits per heavy atom. The highest BCUT2D eigenvalue weighted by atomic mass is 32.2. The SMILES string of the molecule is Cc1ccc(NC(=O)CSc2nncn2-c2ccccc2C)cc1C. The van der Waals surface area contributed by atoms with Gasteiger partial charge in [0, 0.05) is 5.69 Å². The average molecular weight is 352 g/mol. The largest absolute Gasteiger partial charge is 0.325 e. The third kappa shape index (κ3) is 4.09. The molecule has 0 bridgehead atoms. The van der Waals surface area contributed by atoms with Crippen molar-refractivity contribution in [1.29, 1.82) is 0 Å². The lowest BCUT2D eigenvalue weighted by atomic mass is 10.1. The first kappa shape index (κ1) is 17.2. The summed E-state index contributed by atoms with van der Waals surface area (Å²) in [5.41, 5.74) is 5.32. The summed E-state index contributed by atoms with van der Waals surface area (Å²) in [6.07, 6.45) is 1.67. The van der Waals surface area contributed by atoms with Crippen LogP contribution in [0.25, 0.3) is 5.69 Å². The van der Waals surface area contributed by atoms with Gasteiger partial charge in [-0.25, -0.2) is 0 Å². The zero-order chi connectivity index (χ0) is 17.8. The molecule has 0 fully saturated rings. The molecule has 1 aromatic heterocycles. The van der Waals surface area contributed by atoms with Crippen LogP contribution in [-0.2, 0) is 4.79 Å². The molecule has 0 aliphatic heterocycles. The number of nitrogens with one attached hydrogen (secondary N) is 1. The lowest BCUT2D eigenvalue weighted by Gasteiger charge is -2.10. The van der Waals surface area contributed by atoms with Crippen molar-refractivity contribution in [2.45, 2.75) is 25.9 Å². The molecule has 0 unspecified atom stereocenters. The first-order valence-corrected chi connectivity index (χ1v) is 8.99. The molecule has 3 aromatic rings. The van der Waals surface area contributed by atoms with E-state index in [0.29, 0.717) is 5.16 Å². The molecule has 2 aromatic carbocycles. The zero-order valence-corrected chi connectivity index (χ0v) is 15.3. The minimum atomic E-state index is -0.0624. The first-order valence-electron chi connectivity index (χ1n) is 8.00. The maximum atomic E-state index is 12.2. The summed E-state index contributed by atoms with van der Waals surface area (Å²) in [6.45, 7) is 6.12. The number of aromatic nitrogens is 3. The molecular formula is C19H20N4OS. The fraction of sp³-hybridized carbons (Fsp3) is 0.211. The van der Waals surface area contributed by atoms with Crippen LogP contribution in [-0.4, -0.2) is 26.4 Å². The third-order valence-electron chi connectivity index (χ3n) is 4.01. The lowest BCUT2D eigenvalue weighted by molar-refractivity contribution is -0.113. The van der Waals surface area contributed by atoms with Crippen molar-refractivity contribution in [1.82, 2.24) is 14.8 Å². The summed E-state index contributed by atoms with van der Waals surface area (Å²) in [4.78, 5) is 12.2. The molecule has 1 amide bonds. The zero-order valence-electron chi connectivity index (χ0n) is 14.5. The number of aryl methyl sites for hydroxylation is 3. The number of thioether (sulfide) groups is 1. The van der Waals surface area contributed by atoms with Crippen LogP contribution in [0.1, 0.15) is 16.7 Å². The van der Waals surface area contributed by atoms with Crippen LogP contribution in [0.3, 0.4) is 0 Å². The Labute approximate surface area is 151 Å². The third-order valence-corrected chi connectivity index (χ3v) is 4.96. The molecular weight excluding hydrogens is 332 g/mol. The van der Waals surface area contributed by atoms with E-state index in [2.05, 4.69) is 22.4 Å². The number of nitrogens with zero attached hydrogens (tertiary/aromatic N) is 3. The number of carbonyl (C=O) groups excluding carboxylic acids is 1. The van der Waals surface area contributed by atoms with Crippen LogP contribution in [0.15, 0.2) is 53.9 Å². The number of rotatable bonds is 5. The van der Waals surface area contributed by atoms with Crippen LogP contribution in [0.5, 0.6) is 0 Å². The van der Waals surface area contributed by atoms with Crippen LogP contribution in [0.4, 0.5) is 5.69 Å². The smallest absolute Gasteiger partial charge is 0.234 e. The lowest BCUT2D eigenvalue weighted by Crippen LogP contribution is -2.14. The van der Waals surface area contributed by atoms with E-state index in [1.807, 2.05) is 60.9 Å². The molecule has 0 spiro atoms. The predicted octanol–water partition coefficient (Wildman–Crippen LogP) is 3.92. The minimum absolute atomic E-state index is 0.0624. The van der Waals surface area contributed by atoms with E-state index in [4.69, 9.17) is 0 Å². The Bertz CT molecular complexity index is 904. The molecule has 128 valence electrons. The van der Waals surface area contributed by atoms with E-state index >= 15 is 0 Å². The molecule has 6 heteroatoms. The number of anilines is 1. The van der Waals surface area contributed by atoms with Crippen molar-refractivity contribution in [2.24, 2.45) is 0 Å². The molecule has 3 rings (SSSR count). The van der Waals surface area contributed by atoms with E-state index < -0.39 is 0 Å². The monoisotopic (exact) mass is 352 g/mol. The number of benzene rings is 2. The maximum absolute atomic E-state index is 12.2. The van der Waals surface area contributed by atoms with Gasteiger partial charge in [0.15, 0.2) is 5.16 Å². The van der Waals surface area contributed by atoms with Crippen LogP contribution in [0.2, 0.25) is 0 Å².